The molecule has 2 aromatic carbocycles. The molecule has 3 nitrogen and oxygen atoms in total. The highest BCUT2D eigenvalue weighted by atomic mass is 35.5. The molecule has 1 N–H and O–H groups in total. The zero-order valence-corrected chi connectivity index (χ0v) is 15.3. The van der Waals surface area contributed by atoms with Crippen LogP contribution in [0, 0.1) is 13.8 Å². The lowest BCUT2D eigenvalue weighted by molar-refractivity contribution is -0.137. The van der Waals surface area contributed by atoms with E-state index < -0.39 is 28.8 Å². The van der Waals surface area contributed by atoms with Crippen molar-refractivity contribution in [3.05, 3.63) is 58.1 Å². The zero-order chi connectivity index (χ0) is 19.5. The monoisotopic (exact) mass is 385 g/mol. The van der Waals surface area contributed by atoms with Crippen molar-refractivity contribution in [1.82, 2.24) is 0 Å². The number of ether oxygens (including phenoxy) is 1. The third-order valence-electron chi connectivity index (χ3n) is 3.68. The minimum Gasteiger partial charge on any atom is -0.481 e. The Kier molecular flexibility index (Phi) is 6.18. The van der Waals surface area contributed by atoms with Gasteiger partial charge in [-0.3, -0.25) is 4.79 Å². The summed E-state index contributed by atoms with van der Waals surface area (Å²) in [5, 5.41) is 2.04. The number of alkyl halides is 3. The summed E-state index contributed by atoms with van der Waals surface area (Å²) in [4.78, 5) is 12.4. The third kappa shape index (κ3) is 5.14. The molecule has 0 spiro atoms. The lowest BCUT2D eigenvalue weighted by Crippen LogP contribution is -2.32. The second-order valence-electron chi connectivity index (χ2n) is 6.02. The van der Waals surface area contributed by atoms with Gasteiger partial charge in [0.15, 0.2) is 6.10 Å². The summed E-state index contributed by atoms with van der Waals surface area (Å²) < 4.78 is 44.5. The molecule has 0 radical (unpaired) electrons. The fourth-order valence-electron chi connectivity index (χ4n) is 2.53. The molecule has 140 valence electrons. The number of anilines is 1. The van der Waals surface area contributed by atoms with Crippen LogP contribution in [0.3, 0.4) is 0 Å². The van der Waals surface area contributed by atoms with E-state index in [1.807, 2.05) is 19.9 Å². The molecule has 0 aliphatic heterocycles. The van der Waals surface area contributed by atoms with Crippen LogP contribution in [-0.4, -0.2) is 12.0 Å². The smallest absolute Gasteiger partial charge is 0.417 e. The number of nitrogens with one attached hydrogen (secondary N) is 1. The van der Waals surface area contributed by atoms with Crippen molar-refractivity contribution >= 4 is 23.2 Å². The number of carbonyl (C=O) groups is 1. The Morgan fingerprint density at radius 2 is 1.77 bits per heavy atom. The van der Waals surface area contributed by atoms with Gasteiger partial charge < -0.3 is 10.1 Å². The van der Waals surface area contributed by atoms with E-state index in [1.54, 1.807) is 19.1 Å². The van der Waals surface area contributed by atoms with Gasteiger partial charge in [-0.05, 0) is 61.7 Å². The summed E-state index contributed by atoms with van der Waals surface area (Å²) in [5.74, 6) is 0.0127. The van der Waals surface area contributed by atoms with Crippen LogP contribution in [0.15, 0.2) is 36.4 Å². The molecule has 0 saturated heterocycles. The number of carbonyl (C=O) groups excluding carboxylic acids is 1. The maximum absolute atomic E-state index is 12.9. The number of halogens is 4. The van der Waals surface area contributed by atoms with Gasteiger partial charge in [-0.25, -0.2) is 0 Å². The van der Waals surface area contributed by atoms with Crippen molar-refractivity contribution in [3.8, 4) is 5.75 Å². The van der Waals surface area contributed by atoms with E-state index >= 15 is 0 Å². The van der Waals surface area contributed by atoms with Crippen LogP contribution < -0.4 is 10.1 Å². The van der Waals surface area contributed by atoms with Crippen molar-refractivity contribution in [2.45, 2.75) is 39.5 Å². The minimum absolute atomic E-state index is 0.00852. The maximum atomic E-state index is 12.9. The molecule has 0 aliphatic rings. The number of rotatable bonds is 5. The predicted molar refractivity (Wildman–Crippen MR) is 95.7 cm³/mol. The average molecular weight is 386 g/mol. The van der Waals surface area contributed by atoms with Crippen molar-refractivity contribution in [1.29, 1.82) is 0 Å². The van der Waals surface area contributed by atoms with Crippen LogP contribution in [0.5, 0.6) is 5.75 Å². The molecule has 2 rings (SSSR count). The van der Waals surface area contributed by atoms with Crippen LogP contribution in [0.1, 0.15) is 30.0 Å². The first-order chi connectivity index (χ1) is 12.1. The van der Waals surface area contributed by atoms with Crippen LogP contribution in [0.4, 0.5) is 18.9 Å². The number of aryl methyl sites for hydroxylation is 2. The fourth-order valence-corrected chi connectivity index (χ4v) is 2.76. The van der Waals surface area contributed by atoms with Gasteiger partial charge in [0.05, 0.1) is 10.6 Å². The Labute approximate surface area is 155 Å². The largest absolute Gasteiger partial charge is 0.481 e. The topological polar surface area (TPSA) is 38.3 Å². The number of hydrogen-bond acceptors (Lipinski definition) is 2. The molecular weight excluding hydrogens is 367 g/mol. The average Bonchev–Trinajstić information content (AvgIpc) is 2.52. The highest BCUT2D eigenvalue weighted by Gasteiger charge is 2.33. The first-order valence-electron chi connectivity index (χ1n) is 8.02. The Morgan fingerprint density at radius 3 is 2.31 bits per heavy atom. The van der Waals surface area contributed by atoms with E-state index in [4.69, 9.17) is 16.3 Å². The van der Waals surface area contributed by atoms with Gasteiger partial charge in [0.2, 0.25) is 0 Å². The first kappa shape index (κ1) is 20.1. The highest BCUT2D eigenvalue weighted by molar-refractivity contribution is 6.31. The molecule has 26 heavy (non-hydrogen) atoms. The normalized spacial score (nSPS) is 12.6. The Balaban J connectivity index is 2.16. The Morgan fingerprint density at radius 1 is 1.15 bits per heavy atom. The molecule has 0 aliphatic carbocycles. The van der Waals surface area contributed by atoms with E-state index in [0.717, 1.165) is 23.3 Å². The molecule has 0 heterocycles. The van der Waals surface area contributed by atoms with Crippen LogP contribution in [0.2, 0.25) is 5.02 Å². The lowest BCUT2D eigenvalue weighted by atomic mass is 10.1. The standard InChI is InChI=1S/C19H19ClF3NO2/c1-4-17(26-14-8-11(2)7-12(3)9-14)18(25)24-13-5-6-16(20)15(10-13)19(21,22)23/h5-10,17H,4H2,1-3H3,(H,24,25)/t17-/m1/s1. The van der Waals surface area contributed by atoms with Crippen LogP contribution >= 0.6 is 11.6 Å². The van der Waals surface area contributed by atoms with Crippen molar-refractivity contribution in [2.75, 3.05) is 5.32 Å². The highest BCUT2D eigenvalue weighted by Crippen LogP contribution is 2.36. The zero-order valence-electron chi connectivity index (χ0n) is 14.6. The first-order valence-corrected chi connectivity index (χ1v) is 8.40. The van der Waals surface area contributed by atoms with Crippen molar-refractivity contribution in [3.63, 3.8) is 0 Å². The fraction of sp³-hybridized carbons (Fsp3) is 0.316. The summed E-state index contributed by atoms with van der Waals surface area (Å²) in [6.07, 6.45) is -5.07. The summed E-state index contributed by atoms with van der Waals surface area (Å²) in [6.45, 7) is 5.58. The number of benzene rings is 2. The van der Waals surface area contributed by atoms with E-state index in [0.29, 0.717) is 12.2 Å². The molecular formula is C19H19ClF3NO2. The molecule has 0 bridgehead atoms. The molecule has 7 heteroatoms. The quantitative estimate of drug-likeness (QED) is 0.709. The molecule has 0 aromatic heterocycles. The van der Waals surface area contributed by atoms with Crippen molar-refractivity contribution in [2.24, 2.45) is 0 Å². The second kappa shape index (κ2) is 7.99. The van der Waals surface area contributed by atoms with Crippen molar-refractivity contribution < 1.29 is 22.7 Å². The molecule has 2 aromatic rings. The molecule has 0 fully saturated rings. The predicted octanol–water partition coefficient (Wildman–Crippen LogP) is 5.77. The second-order valence-corrected chi connectivity index (χ2v) is 6.43. The lowest BCUT2D eigenvalue weighted by Gasteiger charge is -2.19. The van der Waals surface area contributed by atoms with E-state index in [-0.39, 0.29) is 5.69 Å². The number of amides is 1. The van der Waals surface area contributed by atoms with Gasteiger partial charge >= 0.3 is 6.18 Å². The van der Waals surface area contributed by atoms with Gasteiger partial charge in [0.25, 0.3) is 5.91 Å². The Bertz CT molecular complexity index is 786. The molecule has 1 atom stereocenters. The van der Waals surface area contributed by atoms with Gasteiger partial charge in [-0.1, -0.05) is 24.6 Å². The Hall–Kier alpha value is -2.21. The van der Waals surface area contributed by atoms with Gasteiger partial charge in [-0.15, -0.1) is 0 Å². The van der Waals surface area contributed by atoms with Gasteiger partial charge in [0.1, 0.15) is 5.75 Å². The molecule has 0 unspecified atom stereocenters. The summed E-state index contributed by atoms with van der Waals surface area (Å²) in [5.41, 5.74) is 0.986. The summed E-state index contributed by atoms with van der Waals surface area (Å²) in [6, 6.07) is 8.80. The molecule has 0 saturated carbocycles. The van der Waals surface area contributed by atoms with Gasteiger partial charge in [-0.2, -0.15) is 13.2 Å². The SMILES string of the molecule is CC[C@@H](Oc1cc(C)cc(C)c1)C(=O)Nc1ccc(Cl)c(C(F)(F)F)c1. The summed E-state index contributed by atoms with van der Waals surface area (Å²) in [7, 11) is 0. The van der Waals surface area contributed by atoms with Crippen LogP contribution in [0.25, 0.3) is 0 Å². The third-order valence-corrected chi connectivity index (χ3v) is 4.01. The van der Waals surface area contributed by atoms with Crippen LogP contribution in [-0.2, 0) is 11.0 Å². The molecule has 1 amide bonds. The van der Waals surface area contributed by atoms with E-state index in [2.05, 4.69) is 5.32 Å². The van der Waals surface area contributed by atoms with E-state index in [1.165, 1.54) is 6.07 Å². The summed E-state index contributed by atoms with van der Waals surface area (Å²) >= 11 is 5.59. The number of hydrogen-bond donors (Lipinski definition) is 1. The van der Waals surface area contributed by atoms with E-state index in [9.17, 15) is 18.0 Å². The maximum Gasteiger partial charge on any atom is 0.417 e. The van der Waals surface area contributed by atoms with Gasteiger partial charge in [0, 0.05) is 5.69 Å². The minimum atomic E-state index is -4.60.